The Balaban J connectivity index is 1.31. The highest BCUT2D eigenvalue weighted by Crippen LogP contribution is 2.39. The van der Waals surface area contributed by atoms with E-state index in [1.807, 2.05) is 58.1 Å². The van der Waals surface area contributed by atoms with E-state index >= 15 is 0 Å². The van der Waals surface area contributed by atoms with E-state index in [-0.39, 0.29) is 19.0 Å². The fourth-order valence-electron chi connectivity index (χ4n) is 4.35. The average Bonchev–Trinajstić information content (AvgIpc) is 3.50. The number of aromatic nitrogens is 1. The van der Waals surface area contributed by atoms with Crippen molar-refractivity contribution in [2.45, 2.75) is 83.8 Å². The fraction of sp³-hybridized carbons (Fsp3) is 0.531. The van der Waals surface area contributed by atoms with Crippen molar-refractivity contribution in [1.29, 1.82) is 0 Å². The SMILES string of the molecule is CCCCCCCCCCCCOc1cccc(OCC(COP(=O)([O-])Oc2ccc(C[n+]3ccsc3)cc2)OC)c1. The molecule has 0 amide bonds. The molecule has 0 N–H and O–H groups in total. The van der Waals surface area contributed by atoms with E-state index in [1.165, 1.54) is 64.9 Å². The molecule has 232 valence electrons. The van der Waals surface area contributed by atoms with Crippen LogP contribution in [0.5, 0.6) is 17.2 Å². The zero-order valence-electron chi connectivity index (χ0n) is 25.0. The van der Waals surface area contributed by atoms with E-state index in [0.29, 0.717) is 18.9 Å². The van der Waals surface area contributed by atoms with Gasteiger partial charge < -0.3 is 28.2 Å². The summed E-state index contributed by atoms with van der Waals surface area (Å²) in [7, 11) is -3.12. The second-order valence-corrected chi connectivity index (χ2v) is 12.4. The minimum atomic E-state index is -4.60. The minimum Gasteiger partial charge on any atom is -0.746 e. The lowest BCUT2D eigenvalue weighted by molar-refractivity contribution is -0.683. The largest absolute Gasteiger partial charge is 0.746 e. The Kier molecular flexibility index (Phi) is 16.0. The fourth-order valence-corrected chi connectivity index (χ4v) is 5.73. The number of phosphoric acid groups is 1. The Labute approximate surface area is 255 Å². The molecule has 3 aromatic rings. The summed E-state index contributed by atoms with van der Waals surface area (Å²) in [5.74, 6) is 1.54. The molecule has 1 aromatic heterocycles. The summed E-state index contributed by atoms with van der Waals surface area (Å²) in [6, 6.07) is 14.3. The lowest BCUT2D eigenvalue weighted by Crippen LogP contribution is -2.30. The van der Waals surface area contributed by atoms with Gasteiger partial charge in [-0.25, -0.2) is 0 Å². The Morgan fingerprint density at radius 1 is 0.857 bits per heavy atom. The summed E-state index contributed by atoms with van der Waals surface area (Å²) >= 11 is 1.61. The maximum atomic E-state index is 12.4. The maximum absolute atomic E-state index is 12.4. The molecule has 42 heavy (non-hydrogen) atoms. The zero-order valence-corrected chi connectivity index (χ0v) is 26.7. The third-order valence-electron chi connectivity index (χ3n) is 6.79. The van der Waals surface area contributed by atoms with Crippen molar-refractivity contribution in [3.05, 3.63) is 71.2 Å². The van der Waals surface area contributed by atoms with Crippen molar-refractivity contribution in [2.75, 3.05) is 26.9 Å². The number of benzene rings is 2. The van der Waals surface area contributed by atoms with Gasteiger partial charge in [0.1, 0.15) is 30.0 Å². The van der Waals surface area contributed by atoms with Crippen LogP contribution in [0, 0.1) is 0 Å². The Hall–Kier alpha value is -2.42. The van der Waals surface area contributed by atoms with Gasteiger partial charge in [0.25, 0.3) is 0 Å². The average molecular weight is 620 g/mol. The number of ether oxygens (including phenoxy) is 3. The normalized spacial score (nSPS) is 13.4. The molecule has 0 aliphatic rings. The Bertz CT molecular complexity index is 1160. The summed E-state index contributed by atoms with van der Waals surface area (Å²) in [4.78, 5) is 12.4. The van der Waals surface area contributed by atoms with Crippen LogP contribution in [-0.2, 0) is 20.4 Å². The molecular formula is C32H46NO7PS. The predicted molar refractivity (Wildman–Crippen MR) is 164 cm³/mol. The first-order valence-electron chi connectivity index (χ1n) is 15.0. The Morgan fingerprint density at radius 2 is 1.52 bits per heavy atom. The molecule has 0 aliphatic heterocycles. The molecule has 0 fully saturated rings. The standard InChI is InChI=1S/C32H46NO7PS/c1-3-4-5-6-7-8-9-10-11-12-21-37-30-14-13-15-31(23-30)38-25-32(36-2)26-39-41(34,35)40-29-18-16-28(17-19-29)24-33-20-22-42-27-33/h13-20,22-23,27,32H,3-12,21,24-26H2,1-2H3. The van der Waals surface area contributed by atoms with E-state index < -0.39 is 13.9 Å². The van der Waals surface area contributed by atoms with Crippen LogP contribution >= 0.6 is 19.2 Å². The van der Waals surface area contributed by atoms with Gasteiger partial charge in [0, 0.05) is 18.7 Å². The molecule has 2 unspecified atom stereocenters. The molecule has 0 saturated heterocycles. The van der Waals surface area contributed by atoms with Gasteiger partial charge in [0.15, 0.2) is 12.7 Å². The van der Waals surface area contributed by atoms with Gasteiger partial charge in [-0.3, -0.25) is 4.57 Å². The number of thiazole rings is 1. The van der Waals surface area contributed by atoms with Gasteiger partial charge in [-0.15, -0.1) is 0 Å². The van der Waals surface area contributed by atoms with Crippen LogP contribution in [0.4, 0.5) is 0 Å². The second-order valence-electron chi connectivity index (χ2n) is 10.4. The van der Waals surface area contributed by atoms with Gasteiger partial charge in [0.05, 0.1) is 18.6 Å². The molecule has 1 heterocycles. The van der Waals surface area contributed by atoms with Crippen LogP contribution in [0.15, 0.2) is 65.6 Å². The molecular weight excluding hydrogens is 573 g/mol. The summed E-state index contributed by atoms with van der Waals surface area (Å²) in [5.41, 5.74) is 3.03. The molecule has 0 aliphatic carbocycles. The highest BCUT2D eigenvalue weighted by Gasteiger charge is 2.17. The first-order chi connectivity index (χ1) is 20.5. The second kappa shape index (κ2) is 19.7. The first kappa shape index (κ1) is 34.1. The topological polar surface area (TPSA) is 90.2 Å². The van der Waals surface area contributed by atoms with Crippen molar-refractivity contribution in [3.63, 3.8) is 0 Å². The molecule has 10 heteroatoms. The number of phosphoric ester groups is 1. The monoisotopic (exact) mass is 619 g/mol. The van der Waals surface area contributed by atoms with E-state index in [2.05, 4.69) is 6.92 Å². The molecule has 2 aromatic carbocycles. The molecule has 8 nitrogen and oxygen atoms in total. The van der Waals surface area contributed by atoms with Gasteiger partial charge in [-0.05, 0) is 42.8 Å². The van der Waals surface area contributed by atoms with Gasteiger partial charge in [0.2, 0.25) is 5.51 Å². The zero-order chi connectivity index (χ0) is 29.9. The van der Waals surface area contributed by atoms with Crippen molar-refractivity contribution < 1.29 is 37.3 Å². The summed E-state index contributed by atoms with van der Waals surface area (Å²) in [5, 5.41) is 1.99. The molecule has 0 spiro atoms. The highest BCUT2D eigenvalue weighted by atomic mass is 32.1. The summed E-state index contributed by atoms with van der Waals surface area (Å²) < 4.78 is 41.7. The van der Waals surface area contributed by atoms with E-state index in [4.69, 9.17) is 23.3 Å². The van der Waals surface area contributed by atoms with Crippen LogP contribution in [0.3, 0.4) is 0 Å². The molecule has 0 bridgehead atoms. The first-order valence-corrected chi connectivity index (χ1v) is 17.4. The van der Waals surface area contributed by atoms with Crippen LogP contribution in [0.1, 0.15) is 76.7 Å². The van der Waals surface area contributed by atoms with Gasteiger partial charge in [-0.2, -0.15) is 4.57 Å². The minimum absolute atomic E-state index is 0.105. The smallest absolute Gasteiger partial charge is 0.319 e. The molecule has 0 saturated carbocycles. The van der Waals surface area contributed by atoms with Crippen molar-refractivity contribution >= 4 is 19.2 Å². The van der Waals surface area contributed by atoms with E-state index in [9.17, 15) is 9.46 Å². The molecule has 2 atom stereocenters. The molecule has 3 rings (SSSR count). The maximum Gasteiger partial charge on any atom is 0.319 e. The van der Waals surface area contributed by atoms with E-state index in [1.54, 1.807) is 23.5 Å². The quantitative estimate of drug-likeness (QED) is 0.0623. The number of unbranched alkanes of at least 4 members (excludes halogenated alkanes) is 9. The van der Waals surface area contributed by atoms with Crippen molar-refractivity contribution in [2.24, 2.45) is 0 Å². The lowest BCUT2D eigenvalue weighted by Gasteiger charge is -2.25. The van der Waals surface area contributed by atoms with Crippen LogP contribution < -0.4 is 23.5 Å². The number of hydrogen-bond donors (Lipinski definition) is 0. The van der Waals surface area contributed by atoms with Crippen LogP contribution in [0.25, 0.3) is 0 Å². The summed E-state index contributed by atoms with van der Waals surface area (Å²) in [6.45, 7) is 3.48. The number of nitrogens with zero attached hydrogens (tertiary/aromatic N) is 1. The Morgan fingerprint density at radius 3 is 2.17 bits per heavy atom. The lowest BCUT2D eigenvalue weighted by atomic mass is 10.1. The number of methoxy groups -OCH3 is 1. The van der Waals surface area contributed by atoms with Crippen LogP contribution in [0.2, 0.25) is 0 Å². The third-order valence-corrected chi connectivity index (χ3v) is 8.36. The number of rotatable bonds is 23. The van der Waals surface area contributed by atoms with Gasteiger partial charge in [-0.1, -0.05) is 82.1 Å². The van der Waals surface area contributed by atoms with E-state index in [0.717, 1.165) is 17.7 Å². The van der Waals surface area contributed by atoms with Crippen molar-refractivity contribution in [1.82, 2.24) is 0 Å². The van der Waals surface area contributed by atoms with Gasteiger partial charge >= 0.3 is 7.82 Å². The predicted octanol–water partition coefficient (Wildman–Crippen LogP) is 7.34. The summed E-state index contributed by atoms with van der Waals surface area (Å²) in [6.07, 6.45) is 14.2. The van der Waals surface area contributed by atoms with Crippen LogP contribution in [-0.4, -0.2) is 33.0 Å². The molecule has 0 radical (unpaired) electrons. The highest BCUT2D eigenvalue weighted by molar-refractivity contribution is 7.46. The van der Waals surface area contributed by atoms with Crippen molar-refractivity contribution in [3.8, 4) is 17.2 Å². The number of hydrogen-bond acceptors (Lipinski definition) is 8. The third kappa shape index (κ3) is 14.2.